The minimum absolute atomic E-state index is 0.0218. The van der Waals surface area contributed by atoms with Crippen molar-refractivity contribution >= 4 is 88.2 Å². The van der Waals surface area contributed by atoms with Gasteiger partial charge in [0.25, 0.3) is 32.1 Å². The molecule has 56 heavy (non-hydrogen) atoms. The molecule has 0 heterocycles. The van der Waals surface area contributed by atoms with E-state index in [9.17, 15) is 55.3 Å². The van der Waals surface area contributed by atoms with Crippen LogP contribution in [-0.2, 0) is 29.8 Å². The summed E-state index contributed by atoms with van der Waals surface area (Å²) >= 11 is 0. The zero-order valence-corrected chi connectivity index (χ0v) is 30.7. The van der Waals surface area contributed by atoms with E-state index in [1.54, 1.807) is 13.8 Å². The van der Waals surface area contributed by atoms with Crippen molar-refractivity contribution < 1.29 is 55.3 Å². The average molecular weight is 799 g/mol. The molecule has 0 unspecified atom stereocenters. The second-order valence-corrected chi connectivity index (χ2v) is 15.2. The van der Waals surface area contributed by atoms with Crippen molar-refractivity contribution in [2.24, 2.45) is 0 Å². The molecule has 6 aromatic carbocycles. The van der Waals surface area contributed by atoms with Gasteiger partial charge in [-0.2, -0.15) is 16.8 Å². The highest BCUT2D eigenvalue weighted by Gasteiger charge is 2.25. The van der Waals surface area contributed by atoms with Gasteiger partial charge in [0.15, 0.2) is 0 Å². The first-order valence-corrected chi connectivity index (χ1v) is 19.1. The highest BCUT2D eigenvalue weighted by Crippen LogP contribution is 2.36. The SMILES string of the molecule is Cc1cc(C(=O)Nc2ccc3c(O)cccc3c2S(=O)(=O)O)ccc1NC(=O)C(=O)Nc1ccc(C(=O)Nc2ccc3c(O)cccc3c2S(=O)(=O)O)cc1C. The molecule has 0 aliphatic rings. The fourth-order valence-electron chi connectivity index (χ4n) is 6.02. The Morgan fingerprint density at radius 3 is 1.16 bits per heavy atom. The van der Waals surface area contributed by atoms with E-state index in [2.05, 4.69) is 21.3 Å². The Hall–Kier alpha value is -6.86. The molecule has 286 valence electrons. The van der Waals surface area contributed by atoms with Crippen LogP contribution in [0.4, 0.5) is 22.7 Å². The Bertz CT molecular complexity index is 2700. The summed E-state index contributed by atoms with van der Waals surface area (Å²) in [6.07, 6.45) is 0. The second kappa shape index (κ2) is 14.8. The lowest BCUT2D eigenvalue weighted by atomic mass is 10.1. The molecule has 6 rings (SSSR count). The average Bonchev–Trinajstić information content (AvgIpc) is 3.12. The van der Waals surface area contributed by atoms with Crippen molar-refractivity contribution in [3.63, 3.8) is 0 Å². The molecule has 6 aromatic rings. The fraction of sp³-hybridized carbons (Fsp3) is 0.0526. The fourth-order valence-corrected chi connectivity index (χ4v) is 7.72. The number of amides is 4. The van der Waals surface area contributed by atoms with E-state index >= 15 is 0 Å². The number of rotatable bonds is 8. The van der Waals surface area contributed by atoms with E-state index in [0.29, 0.717) is 11.1 Å². The molecule has 8 N–H and O–H groups in total. The maximum Gasteiger partial charge on any atom is 0.314 e. The molecular weight excluding hydrogens is 769 g/mol. The quantitative estimate of drug-likeness (QED) is 0.0691. The standard InChI is InChI=1S/C38H30N4O12S2/c1-19-17-21(35(45)41-29-15-11-23-25(5-3-7-31(23)43)33(29)55(49,50)51)9-13-27(19)39-37(47)38(48)40-28-14-10-22(18-20(28)2)36(46)42-30-16-12-24-26(6-4-8-32(24)44)34(30)56(52,53)54/h3-18,43-44H,1-2H3,(H,39,47)(H,40,48)(H,41,45)(H,42,46)(H,49,50,51)(H,52,53,54). The lowest BCUT2D eigenvalue weighted by molar-refractivity contribution is -0.133. The maximum absolute atomic E-state index is 13.1. The van der Waals surface area contributed by atoms with Crippen LogP contribution in [0, 0.1) is 13.8 Å². The molecule has 0 aromatic heterocycles. The molecule has 0 fully saturated rings. The molecular formula is C38H30N4O12S2. The molecule has 18 heteroatoms. The summed E-state index contributed by atoms with van der Waals surface area (Å²) in [6, 6.07) is 21.4. The highest BCUT2D eigenvalue weighted by atomic mass is 32.2. The number of phenolic OH excluding ortho intramolecular Hbond substituents is 2. The van der Waals surface area contributed by atoms with E-state index in [1.165, 1.54) is 97.1 Å². The summed E-state index contributed by atoms with van der Waals surface area (Å²) in [7, 11) is -9.72. The lowest BCUT2D eigenvalue weighted by Gasteiger charge is -2.14. The summed E-state index contributed by atoms with van der Waals surface area (Å²) in [5, 5.41) is 30.2. The summed E-state index contributed by atoms with van der Waals surface area (Å²) in [4.78, 5) is 50.8. The van der Waals surface area contributed by atoms with Gasteiger partial charge in [-0.3, -0.25) is 28.3 Å². The number of aryl methyl sites for hydroxylation is 2. The van der Waals surface area contributed by atoms with Gasteiger partial charge in [-0.15, -0.1) is 0 Å². The predicted octanol–water partition coefficient (Wildman–Crippen LogP) is 5.60. The molecule has 0 spiro atoms. The van der Waals surface area contributed by atoms with Crippen molar-refractivity contribution in [3.05, 3.63) is 119 Å². The number of carbonyl (C=O) groups is 4. The maximum atomic E-state index is 13.1. The van der Waals surface area contributed by atoms with Crippen LogP contribution < -0.4 is 21.3 Å². The van der Waals surface area contributed by atoms with Gasteiger partial charge < -0.3 is 31.5 Å². The number of aromatic hydroxyl groups is 2. The Labute approximate surface area is 318 Å². The van der Waals surface area contributed by atoms with Gasteiger partial charge in [0, 0.05) is 44.0 Å². The first kappa shape index (κ1) is 38.9. The Kier molecular flexibility index (Phi) is 10.2. The van der Waals surface area contributed by atoms with E-state index < -0.39 is 53.7 Å². The number of anilines is 4. The molecule has 0 aliphatic heterocycles. The molecule has 0 saturated heterocycles. The third-order valence-corrected chi connectivity index (χ3v) is 10.6. The second-order valence-electron chi connectivity index (χ2n) is 12.5. The number of carbonyl (C=O) groups excluding carboxylic acids is 4. The third kappa shape index (κ3) is 7.84. The van der Waals surface area contributed by atoms with Gasteiger partial charge >= 0.3 is 11.8 Å². The molecule has 0 radical (unpaired) electrons. The number of phenols is 2. The van der Waals surface area contributed by atoms with E-state index in [0.717, 1.165) is 0 Å². The smallest absolute Gasteiger partial charge is 0.314 e. The molecule has 0 aliphatic carbocycles. The minimum Gasteiger partial charge on any atom is -0.507 e. The van der Waals surface area contributed by atoms with Gasteiger partial charge in [-0.1, -0.05) is 24.3 Å². The largest absolute Gasteiger partial charge is 0.507 e. The van der Waals surface area contributed by atoms with Crippen LogP contribution >= 0.6 is 0 Å². The van der Waals surface area contributed by atoms with Crippen LogP contribution in [0.5, 0.6) is 11.5 Å². The Morgan fingerprint density at radius 2 is 0.821 bits per heavy atom. The molecule has 0 bridgehead atoms. The van der Waals surface area contributed by atoms with Gasteiger partial charge in [0.2, 0.25) is 0 Å². The number of hydrogen-bond acceptors (Lipinski definition) is 10. The molecule has 16 nitrogen and oxygen atoms in total. The van der Waals surface area contributed by atoms with Crippen molar-refractivity contribution in [1.82, 2.24) is 0 Å². The number of fused-ring (bicyclic) bond motifs is 2. The zero-order valence-electron chi connectivity index (χ0n) is 29.1. The molecule has 4 amide bonds. The van der Waals surface area contributed by atoms with E-state index in [4.69, 9.17) is 0 Å². The van der Waals surface area contributed by atoms with Gasteiger partial charge in [0.1, 0.15) is 21.3 Å². The summed E-state index contributed by atoms with van der Waals surface area (Å²) in [5.41, 5.74) is 0.617. The van der Waals surface area contributed by atoms with Crippen LogP contribution in [0.1, 0.15) is 31.8 Å². The topological polar surface area (TPSA) is 266 Å². The van der Waals surface area contributed by atoms with Gasteiger partial charge in [-0.25, -0.2) is 0 Å². The van der Waals surface area contributed by atoms with Crippen LogP contribution in [0.2, 0.25) is 0 Å². The van der Waals surface area contributed by atoms with Crippen molar-refractivity contribution in [2.45, 2.75) is 23.6 Å². The first-order chi connectivity index (χ1) is 26.3. The summed E-state index contributed by atoms with van der Waals surface area (Å²) in [5.74, 6) is -4.16. The highest BCUT2D eigenvalue weighted by molar-refractivity contribution is 7.86. The minimum atomic E-state index is -4.86. The van der Waals surface area contributed by atoms with Crippen LogP contribution in [0.3, 0.4) is 0 Å². The van der Waals surface area contributed by atoms with Crippen LogP contribution in [0.25, 0.3) is 21.5 Å². The van der Waals surface area contributed by atoms with E-state index in [1.807, 2.05) is 0 Å². The number of benzene rings is 6. The van der Waals surface area contributed by atoms with Crippen molar-refractivity contribution in [3.8, 4) is 11.5 Å². The van der Waals surface area contributed by atoms with E-state index in [-0.39, 0.29) is 66.9 Å². The number of nitrogens with one attached hydrogen (secondary N) is 4. The van der Waals surface area contributed by atoms with Crippen molar-refractivity contribution in [1.29, 1.82) is 0 Å². The number of hydrogen-bond donors (Lipinski definition) is 8. The molecule has 0 atom stereocenters. The predicted molar refractivity (Wildman–Crippen MR) is 206 cm³/mol. The Balaban J connectivity index is 1.12. The van der Waals surface area contributed by atoms with Gasteiger partial charge in [-0.05, 0) is 97.8 Å². The Morgan fingerprint density at radius 1 is 0.464 bits per heavy atom. The summed E-state index contributed by atoms with van der Waals surface area (Å²) < 4.78 is 69.0. The zero-order chi connectivity index (χ0) is 40.7. The third-order valence-electron chi connectivity index (χ3n) is 8.67. The first-order valence-electron chi connectivity index (χ1n) is 16.2. The lowest BCUT2D eigenvalue weighted by Crippen LogP contribution is -2.29. The van der Waals surface area contributed by atoms with Crippen LogP contribution in [0.15, 0.2) is 107 Å². The summed E-state index contributed by atoms with van der Waals surface area (Å²) in [6.45, 7) is 3.09. The van der Waals surface area contributed by atoms with Crippen molar-refractivity contribution in [2.75, 3.05) is 21.3 Å². The van der Waals surface area contributed by atoms with Gasteiger partial charge in [0.05, 0.1) is 11.4 Å². The van der Waals surface area contributed by atoms with Crippen LogP contribution in [-0.4, -0.2) is 59.8 Å². The monoisotopic (exact) mass is 798 g/mol. The normalized spacial score (nSPS) is 11.6. The molecule has 0 saturated carbocycles.